The monoisotopic (exact) mass is 374 g/mol. The van der Waals surface area contributed by atoms with Crippen molar-refractivity contribution in [3.63, 3.8) is 0 Å². The van der Waals surface area contributed by atoms with Gasteiger partial charge in [-0.3, -0.25) is 0 Å². The predicted octanol–water partition coefficient (Wildman–Crippen LogP) is 7.54. The lowest BCUT2D eigenvalue weighted by Crippen LogP contribution is -2.29. The average molecular weight is 375 g/mol. The summed E-state index contributed by atoms with van der Waals surface area (Å²) < 4.78 is 13.0. The van der Waals surface area contributed by atoms with E-state index in [1.165, 1.54) is 56.1 Å². The summed E-state index contributed by atoms with van der Waals surface area (Å²) in [6.45, 7) is 2.32. The summed E-state index contributed by atoms with van der Waals surface area (Å²) in [5.41, 5.74) is 2.49. The van der Waals surface area contributed by atoms with Gasteiger partial charge in [0.2, 0.25) is 0 Å². The fourth-order valence-corrected chi connectivity index (χ4v) is 9.96. The van der Waals surface area contributed by atoms with E-state index in [-0.39, 0.29) is 5.82 Å². The Morgan fingerprint density at radius 1 is 0.846 bits per heavy atom. The van der Waals surface area contributed by atoms with Crippen molar-refractivity contribution in [3.05, 3.63) is 35.6 Å². The summed E-state index contributed by atoms with van der Waals surface area (Å²) in [4.78, 5) is 0. The summed E-state index contributed by atoms with van der Waals surface area (Å²) in [6.07, 6.45) is 17.5. The first-order valence-corrected chi connectivity index (χ1v) is 13.8. The highest BCUT2D eigenvalue weighted by Crippen LogP contribution is 2.42. The first kappa shape index (κ1) is 20.1. The van der Waals surface area contributed by atoms with Crippen molar-refractivity contribution in [1.82, 2.24) is 0 Å². The molecule has 2 aliphatic rings. The maximum atomic E-state index is 13.0. The molecule has 1 aromatic rings. The molecule has 1 saturated heterocycles. The minimum absolute atomic E-state index is 0.111. The summed E-state index contributed by atoms with van der Waals surface area (Å²) in [5, 5.41) is 0. The molecule has 0 bridgehead atoms. The van der Waals surface area contributed by atoms with Gasteiger partial charge in [-0.15, -0.1) is 0 Å². The van der Waals surface area contributed by atoms with Crippen LogP contribution in [0.3, 0.4) is 0 Å². The van der Waals surface area contributed by atoms with Crippen LogP contribution < -0.4 is 0 Å². The Hall–Kier alpha value is -0.633. The fraction of sp³-hybridized carbons (Fsp3) is 0.750. The summed E-state index contributed by atoms with van der Waals surface area (Å²) in [6, 6.07) is 10.4. The second kappa shape index (κ2) is 10.6. The van der Waals surface area contributed by atoms with E-state index in [1.54, 1.807) is 49.9 Å². The molecule has 1 heterocycles. The zero-order valence-electron chi connectivity index (χ0n) is 16.9. The topological polar surface area (TPSA) is 0 Å². The molecule has 26 heavy (non-hydrogen) atoms. The number of hydrogen-bond donors (Lipinski definition) is 0. The van der Waals surface area contributed by atoms with E-state index in [2.05, 4.69) is 6.92 Å². The van der Waals surface area contributed by atoms with Crippen LogP contribution >= 0.6 is 0 Å². The van der Waals surface area contributed by atoms with Gasteiger partial charge >= 0.3 is 0 Å². The Bertz CT molecular complexity index is 495. The maximum absolute atomic E-state index is 13.0. The molecule has 3 rings (SSSR count). The number of benzene rings is 1. The Kier molecular flexibility index (Phi) is 8.23. The Morgan fingerprint density at radius 3 is 2.15 bits per heavy atom. The minimum Gasteiger partial charge on any atom is -0.207 e. The Morgan fingerprint density at radius 2 is 1.50 bits per heavy atom. The van der Waals surface area contributed by atoms with Gasteiger partial charge < -0.3 is 0 Å². The molecule has 2 fully saturated rings. The Balaban J connectivity index is 1.32. The van der Waals surface area contributed by atoms with Crippen molar-refractivity contribution in [2.75, 3.05) is 0 Å². The third-order valence-electron chi connectivity index (χ3n) is 7.42. The Labute approximate surface area is 162 Å². The van der Waals surface area contributed by atoms with Crippen LogP contribution in [0.25, 0.3) is 0 Å². The highest BCUT2D eigenvalue weighted by atomic mass is 28.3. The molecule has 0 atom stereocenters. The van der Waals surface area contributed by atoms with Crippen molar-refractivity contribution in [2.45, 2.75) is 102 Å². The highest BCUT2D eigenvalue weighted by Gasteiger charge is 2.31. The van der Waals surface area contributed by atoms with Crippen molar-refractivity contribution in [1.29, 1.82) is 0 Å². The van der Waals surface area contributed by atoms with Gasteiger partial charge in [-0.1, -0.05) is 95.4 Å². The molecule has 1 aromatic carbocycles. The van der Waals surface area contributed by atoms with Crippen LogP contribution in [0.15, 0.2) is 24.3 Å². The number of aryl methyl sites for hydroxylation is 1. The summed E-state index contributed by atoms with van der Waals surface area (Å²) >= 11 is 0. The minimum atomic E-state index is -0.462. The first-order valence-electron chi connectivity index (χ1n) is 11.5. The zero-order valence-corrected chi connectivity index (χ0v) is 18.1. The van der Waals surface area contributed by atoms with Gasteiger partial charge in [0.05, 0.1) is 0 Å². The summed E-state index contributed by atoms with van der Waals surface area (Å²) in [5.74, 6) is 1.90. The fourth-order valence-electron chi connectivity index (χ4n) is 5.60. The van der Waals surface area contributed by atoms with E-state index in [1.807, 2.05) is 12.1 Å². The normalized spacial score (nSPS) is 29.6. The third-order valence-corrected chi connectivity index (χ3v) is 11.6. The maximum Gasteiger partial charge on any atom is 0.123 e. The van der Waals surface area contributed by atoms with Gasteiger partial charge in [0.1, 0.15) is 5.82 Å². The van der Waals surface area contributed by atoms with Crippen LogP contribution in [0.4, 0.5) is 4.39 Å². The lowest BCUT2D eigenvalue weighted by Gasteiger charge is -2.37. The standard InChI is InChI=1S/C24H39FSi/c1-2-3-4-5-20-10-14-24(15-11-20)26-18-16-22(17-19-26)7-6-21-8-12-23(25)13-9-21/h8-9,12-13,20,22,24,26H,2-7,10-11,14-19H2,1H3. The van der Waals surface area contributed by atoms with Crippen molar-refractivity contribution >= 4 is 8.80 Å². The van der Waals surface area contributed by atoms with Crippen molar-refractivity contribution in [2.24, 2.45) is 11.8 Å². The van der Waals surface area contributed by atoms with E-state index in [0.29, 0.717) is 0 Å². The largest absolute Gasteiger partial charge is 0.207 e. The third kappa shape index (κ3) is 6.22. The van der Waals surface area contributed by atoms with Crippen LogP contribution in [0, 0.1) is 17.7 Å². The molecular formula is C24H39FSi. The molecule has 0 N–H and O–H groups in total. The second-order valence-electron chi connectivity index (χ2n) is 9.22. The smallest absolute Gasteiger partial charge is 0.123 e. The average Bonchev–Trinajstić information content (AvgIpc) is 2.69. The van der Waals surface area contributed by atoms with Crippen LogP contribution in [0.2, 0.25) is 17.6 Å². The van der Waals surface area contributed by atoms with Crippen molar-refractivity contribution in [3.8, 4) is 0 Å². The van der Waals surface area contributed by atoms with Crippen molar-refractivity contribution < 1.29 is 4.39 Å². The molecule has 1 aliphatic carbocycles. The highest BCUT2D eigenvalue weighted by molar-refractivity contribution is 6.60. The quantitative estimate of drug-likeness (QED) is 0.326. The van der Waals surface area contributed by atoms with Gasteiger partial charge in [-0.05, 0) is 47.9 Å². The molecular weight excluding hydrogens is 335 g/mol. The molecule has 1 saturated carbocycles. The van der Waals surface area contributed by atoms with Crippen LogP contribution in [0.1, 0.15) is 83.1 Å². The molecule has 0 amide bonds. The SMILES string of the molecule is CCCCCC1CCC([SiH]2CCC(CCc3ccc(F)cc3)CC2)CC1. The van der Waals surface area contributed by atoms with Gasteiger partial charge in [0, 0.05) is 8.80 Å². The van der Waals surface area contributed by atoms with E-state index in [0.717, 1.165) is 18.3 Å². The predicted molar refractivity (Wildman–Crippen MR) is 114 cm³/mol. The van der Waals surface area contributed by atoms with E-state index in [4.69, 9.17) is 0 Å². The molecule has 2 heteroatoms. The number of unbranched alkanes of at least 4 members (excludes halogenated alkanes) is 2. The van der Waals surface area contributed by atoms with E-state index < -0.39 is 8.80 Å². The van der Waals surface area contributed by atoms with Gasteiger partial charge in [0.15, 0.2) is 0 Å². The van der Waals surface area contributed by atoms with Gasteiger partial charge in [-0.2, -0.15) is 0 Å². The van der Waals surface area contributed by atoms with Gasteiger partial charge in [0.25, 0.3) is 0 Å². The molecule has 0 unspecified atom stereocenters. The molecule has 0 nitrogen and oxygen atoms in total. The first-order chi connectivity index (χ1) is 12.7. The van der Waals surface area contributed by atoms with Crippen LogP contribution in [-0.4, -0.2) is 8.80 Å². The number of rotatable bonds is 8. The molecule has 0 spiro atoms. The molecule has 146 valence electrons. The molecule has 0 aromatic heterocycles. The van der Waals surface area contributed by atoms with E-state index >= 15 is 0 Å². The number of hydrogen-bond acceptors (Lipinski definition) is 0. The number of halogens is 1. The van der Waals surface area contributed by atoms with E-state index in [9.17, 15) is 4.39 Å². The lowest BCUT2D eigenvalue weighted by atomic mass is 9.85. The molecule has 0 radical (unpaired) electrons. The van der Waals surface area contributed by atoms with Crippen LogP contribution in [-0.2, 0) is 6.42 Å². The molecule has 1 aliphatic heterocycles. The summed E-state index contributed by atoms with van der Waals surface area (Å²) in [7, 11) is -0.462. The zero-order chi connectivity index (χ0) is 18.2. The lowest BCUT2D eigenvalue weighted by molar-refractivity contribution is 0.323. The second-order valence-corrected chi connectivity index (χ2v) is 12.8. The van der Waals surface area contributed by atoms with Crippen LogP contribution in [0.5, 0.6) is 0 Å². The van der Waals surface area contributed by atoms with Gasteiger partial charge in [-0.25, -0.2) is 4.39 Å².